The van der Waals surface area contributed by atoms with Crippen LogP contribution >= 0.6 is 0 Å². The van der Waals surface area contributed by atoms with E-state index in [1.54, 1.807) is 7.11 Å². The minimum atomic E-state index is 0.504. The molecule has 0 saturated heterocycles. The molecule has 0 bridgehead atoms. The number of fused-ring (bicyclic) bond motifs is 1. The fraction of sp³-hybridized carbons (Fsp3) is 0.333. The number of benzene rings is 2. The van der Waals surface area contributed by atoms with E-state index in [4.69, 9.17) is 4.74 Å². The first-order chi connectivity index (χ1) is 9.74. The van der Waals surface area contributed by atoms with Gasteiger partial charge in [-0.1, -0.05) is 24.3 Å². The predicted molar refractivity (Wildman–Crippen MR) is 83.3 cm³/mol. The van der Waals surface area contributed by atoms with Crippen molar-refractivity contribution in [3.8, 4) is 16.9 Å². The minimum absolute atomic E-state index is 0.504. The second kappa shape index (κ2) is 5.29. The van der Waals surface area contributed by atoms with Crippen LogP contribution in [0.5, 0.6) is 5.75 Å². The number of aryl methyl sites for hydroxylation is 1. The lowest BCUT2D eigenvalue weighted by atomic mass is 9.95. The minimum Gasteiger partial charge on any atom is -0.496 e. The molecule has 2 heteroatoms. The Hall–Kier alpha value is -1.80. The lowest BCUT2D eigenvalue weighted by molar-refractivity contribution is 0.412. The van der Waals surface area contributed by atoms with Crippen molar-refractivity contribution in [3.63, 3.8) is 0 Å². The maximum absolute atomic E-state index is 5.35. The van der Waals surface area contributed by atoms with Crippen LogP contribution in [0.4, 0.5) is 0 Å². The molecule has 0 spiro atoms. The van der Waals surface area contributed by atoms with Crippen LogP contribution in [0.2, 0.25) is 0 Å². The largest absolute Gasteiger partial charge is 0.496 e. The quantitative estimate of drug-likeness (QED) is 0.911. The van der Waals surface area contributed by atoms with Crippen molar-refractivity contribution in [1.29, 1.82) is 0 Å². The lowest BCUT2D eigenvalue weighted by Crippen LogP contribution is -2.12. The number of nitrogens with one attached hydrogen (secondary N) is 1. The van der Waals surface area contributed by atoms with E-state index in [2.05, 4.69) is 48.6 Å². The monoisotopic (exact) mass is 267 g/mol. The number of hydrogen-bond donors (Lipinski definition) is 1. The predicted octanol–water partition coefficient (Wildman–Crippen LogP) is 3.88. The summed E-state index contributed by atoms with van der Waals surface area (Å²) in [6.45, 7) is 2.10. The van der Waals surface area contributed by atoms with Crippen molar-refractivity contribution in [1.82, 2.24) is 5.32 Å². The zero-order valence-electron chi connectivity index (χ0n) is 12.4. The van der Waals surface area contributed by atoms with Gasteiger partial charge in [-0.15, -0.1) is 0 Å². The van der Waals surface area contributed by atoms with Crippen molar-refractivity contribution in [2.75, 3.05) is 14.2 Å². The SMILES string of the molecule is CNC1CCc2c(-c3ccc(OC)c(C)c3)cccc21. The van der Waals surface area contributed by atoms with E-state index in [1.807, 2.05) is 7.05 Å². The van der Waals surface area contributed by atoms with Gasteiger partial charge in [-0.05, 0) is 66.8 Å². The molecule has 104 valence electrons. The lowest BCUT2D eigenvalue weighted by Gasteiger charge is -2.13. The van der Waals surface area contributed by atoms with Gasteiger partial charge in [0.1, 0.15) is 5.75 Å². The van der Waals surface area contributed by atoms with Gasteiger partial charge in [0.25, 0.3) is 0 Å². The second-order valence-corrected chi connectivity index (χ2v) is 5.44. The van der Waals surface area contributed by atoms with Gasteiger partial charge in [-0.25, -0.2) is 0 Å². The van der Waals surface area contributed by atoms with E-state index in [0.29, 0.717) is 6.04 Å². The third-order valence-electron chi connectivity index (χ3n) is 4.32. The molecule has 0 aromatic heterocycles. The molecular formula is C18H21NO. The highest BCUT2D eigenvalue weighted by molar-refractivity contribution is 5.71. The maximum atomic E-state index is 5.35. The van der Waals surface area contributed by atoms with Gasteiger partial charge >= 0.3 is 0 Å². The summed E-state index contributed by atoms with van der Waals surface area (Å²) in [4.78, 5) is 0. The fourth-order valence-corrected chi connectivity index (χ4v) is 3.27. The Bertz CT molecular complexity index is 633. The fourth-order valence-electron chi connectivity index (χ4n) is 3.27. The number of hydrogen-bond acceptors (Lipinski definition) is 2. The Morgan fingerprint density at radius 1 is 1.20 bits per heavy atom. The second-order valence-electron chi connectivity index (χ2n) is 5.44. The van der Waals surface area contributed by atoms with Gasteiger partial charge < -0.3 is 10.1 Å². The van der Waals surface area contributed by atoms with Crippen LogP contribution < -0.4 is 10.1 Å². The molecule has 0 aliphatic heterocycles. The Morgan fingerprint density at radius 3 is 2.75 bits per heavy atom. The molecule has 0 saturated carbocycles. The first-order valence-electron chi connectivity index (χ1n) is 7.18. The van der Waals surface area contributed by atoms with Crippen LogP contribution in [-0.4, -0.2) is 14.2 Å². The van der Waals surface area contributed by atoms with E-state index in [9.17, 15) is 0 Å². The topological polar surface area (TPSA) is 21.3 Å². The van der Waals surface area contributed by atoms with Crippen LogP contribution in [0.25, 0.3) is 11.1 Å². The summed E-state index contributed by atoms with van der Waals surface area (Å²) in [6, 6.07) is 13.6. The van der Waals surface area contributed by atoms with E-state index >= 15 is 0 Å². The van der Waals surface area contributed by atoms with Crippen LogP contribution in [0, 0.1) is 6.92 Å². The maximum Gasteiger partial charge on any atom is 0.121 e. The van der Waals surface area contributed by atoms with Gasteiger partial charge in [0.2, 0.25) is 0 Å². The molecule has 1 atom stereocenters. The highest BCUT2D eigenvalue weighted by atomic mass is 16.5. The average Bonchev–Trinajstić information content (AvgIpc) is 2.90. The van der Waals surface area contributed by atoms with E-state index in [1.165, 1.54) is 34.2 Å². The summed E-state index contributed by atoms with van der Waals surface area (Å²) in [6.07, 6.45) is 2.35. The molecule has 1 N–H and O–H groups in total. The first kappa shape index (κ1) is 13.2. The van der Waals surface area contributed by atoms with Crippen molar-refractivity contribution in [2.45, 2.75) is 25.8 Å². The van der Waals surface area contributed by atoms with Gasteiger partial charge in [0.15, 0.2) is 0 Å². The van der Waals surface area contributed by atoms with Gasteiger partial charge in [0.05, 0.1) is 7.11 Å². The third-order valence-corrected chi connectivity index (χ3v) is 4.32. The molecule has 0 radical (unpaired) electrons. The normalized spacial score (nSPS) is 17.1. The van der Waals surface area contributed by atoms with Crippen molar-refractivity contribution in [2.24, 2.45) is 0 Å². The molecule has 2 aromatic carbocycles. The molecule has 1 unspecified atom stereocenters. The smallest absolute Gasteiger partial charge is 0.121 e. The number of methoxy groups -OCH3 is 1. The number of rotatable bonds is 3. The zero-order valence-corrected chi connectivity index (χ0v) is 12.4. The Kier molecular flexibility index (Phi) is 3.49. The van der Waals surface area contributed by atoms with E-state index in [-0.39, 0.29) is 0 Å². The Labute approximate surface area is 120 Å². The highest BCUT2D eigenvalue weighted by Gasteiger charge is 2.23. The summed E-state index contributed by atoms with van der Waals surface area (Å²) in [5.74, 6) is 0.953. The van der Waals surface area contributed by atoms with Crippen molar-refractivity contribution in [3.05, 3.63) is 53.1 Å². The number of ether oxygens (including phenoxy) is 1. The molecule has 0 heterocycles. The molecule has 3 rings (SSSR count). The molecular weight excluding hydrogens is 246 g/mol. The van der Waals surface area contributed by atoms with Crippen LogP contribution in [-0.2, 0) is 6.42 Å². The standard InChI is InChI=1S/C18H21NO/c1-12-11-13(7-10-18(12)20-3)14-5-4-6-16-15(14)8-9-17(16)19-2/h4-7,10-11,17,19H,8-9H2,1-3H3. The summed E-state index contributed by atoms with van der Waals surface area (Å²) in [7, 11) is 3.77. The van der Waals surface area contributed by atoms with Crippen molar-refractivity contribution >= 4 is 0 Å². The molecule has 0 fully saturated rings. The van der Waals surface area contributed by atoms with Gasteiger partial charge in [0, 0.05) is 6.04 Å². The Balaban J connectivity index is 2.08. The molecule has 1 aliphatic rings. The van der Waals surface area contributed by atoms with E-state index in [0.717, 1.165) is 12.2 Å². The first-order valence-corrected chi connectivity index (χ1v) is 7.18. The summed E-state index contributed by atoms with van der Waals surface area (Å²) >= 11 is 0. The third kappa shape index (κ3) is 2.10. The van der Waals surface area contributed by atoms with Crippen LogP contribution in [0.1, 0.15) is 29.2 Å². The van der Waals surface area contributed by atoms with Crippen LogP contribution in [0.15, 0.2) is 36.4 Å². The summed E-state index contributed by atoms with van der Waals surface area (Å²) in [5, 5.41) is 3.41. The molecule has 1 aliphatic carbocycles. The molecule has 2 nitrogen and oxygen atoms in total. The molecule has 2 aromatic rings. The van der Waals surface area contributed by atoms with Gasteiger partial charge in [-0.2, -0.15) is 0 Å². The Morgan fingerprint density at radius 2 is 2.05 bits per heavy atom. The van der Waals surface area contributed by atoms with Crippen molar-refractivity contribution < 1.29 is 4.74 Å². The van der Waals surface area contributed by atoms with Crippen LogP contribution in [0.3, 0.4) is 0 Å². The zero-order chi connectivity index (χ0) is 14.1. The van der Waals surface area contributed by atoms with E-state index < -0.39 is 0 Å². The summed E-state index contributed by atoms with van der Waals surface area (Å²) < 4.78 is 5.35. The average molecular weight is 267 g/mol. The van der Waals surface area contributed by atoms with Gasteiger partial charge in [-0.3, -0.25) is 0 Å². The molecule has 20 heavy (non-hydrogen) atoms. The highest BCUT2D eigenvalue weighted by Crippen LogP contribution is 2.38. The molecule has 0 amide bonds. The summed E-state index contributed by atoms with van der Waals surface area (Å²) in [5.41, 5.74) is 6.79.